The van der Waals surface area contributed by atoms with E-state index in [1.165, 1.54) is 32.4 Å². The third-order valence-corrected chi connectivity index (χ3v) is 4.21. The molecule has 0 aromatic heterocycles. The van der Waals surface area contributed by atoms with Gasteiger partial charge in [0.2, 0.25) is 0 Å². The monoisotopic (exact) mass is 327 g/mol. The van der Waals surface area contributed by atoms with E-state index in [2.05, 4.69) is 20.8 Å². The molecule has 1 aromatic carbocycles. The van der Waals surface area contributed by atoms with Gasteiger partial charge in [-0.15, -0.1) is 0 Å². The van der Waals surface area contributed by atoms with Gasteiger partial charge in [-0.05, 0) is 50.6 Å². The van der Waals surface area contributed by atoms with Crippen LogP contribution < -0.4 is 4.74 Å². The third-order valence-electron chi connectivity index (χ3n) is 3.72. The minimum absolute atomic E-state index is 0.464. The molecule has 0 spiro atoms. The van der Waals surface area contributed by atoms with Crippen LogP contribution in [0.1, 0.15) is 37.4 Å². The second-order valence-electron chi connectivity index (χ2n) is 5.09. The average molecular weight is 328 g/mol. The summed E-state index contributed by atoms with van der Waals surface area (Å²) in [5, 5.41) is 10.4. The Morgan fingerprint density at radius 1 is 1.32 bits per heavy atom. The van der Waals surface area contributed by atoms with Crippen molar-refractivity contribution in [1.29, 1.82) is 0 Å². The van der Waals surface area contributed by atoms with E-state index < -0.39 is 6.10 Å². The average Bonchev–Trinajstić information content (AvgIpc) is 2.46. The summed E-state index contributed by atoms with van der Waals surface area (Å²) in [6, 6.07) is 5.77. The van der Waals surface area contributed by atoms with Gasteiger partial charge in [0, 0.05) is 16.6 Å². The Hall–Kier alpha value is -0.580. The highest BCUT2D eigenvalue weighted by Gasteiger charge is 2.16. The Labute approximate surface area is 123 Å². The van der Waals surface area contributed by atoms with Gasteiger partial charge in [0.05, 0.1) is 13.2 Å². The van der Waals surface area contributed by atoms with Gasteiger partial charge in [0.25, 0.3) is 0 Å². The zero-order chi connectivity index (χ0) is 13.7. The molecule has 19 heavy (non-hydrogen) atoms. The third kappa shape index (κ3) is 4.20. The Balaban J connectivity index is 1.94. The predicted octanol–water partition coefficient (Wildman–Crippen LogP) is 3.37. The van der Waals surface area contributed by atoms with Gasteiger partial charge in [-0.3, -0.25) is 0 Å². The molecular formula is C15H22BrNO2. The van der Waals surface area contributed by atoms with Crippen LogP contribution in [0.4, 0.5) is 0 Å². The number of aliphatic hydroxyl groups is 1. The molecule has 0 aliphatic carbocycles. The van der Waals surface area contributed by atoms with Crippen molar-refractivity contribution in [3.63, 3.8) is 0 Å². The van der Waals surface area contributed by atoms with Crippen molar-refractivity contribution in [2.75, 3.05) is 26.7 Å². The standard InChI is InChI=1S/C15H22BrNO2/c1-19-15-6-5-12(16)11-13(15)14(18)7-10-17-8-3-2-4-9-17/h5-6,11,14,18H,2-4,7-10H2,1H3. The highest BCUT2D eigenvalue weighted by Crippen LogP contribution is 2.30. The van der Waals surface area contributed by atoms with Gasteiger partial charge in [-0.2, -0.15) is 0 Å². The van der Waals surface area contributed by atoms with Crippen molar-refractivity contribution in [1.82, 2.24) is 4.90 Å². The number of benzene rings is 1. The number of halogens is 1. The summed E-state index contributed by atoms with van der Waals surface area (Å²) >= 11 is 3.44. The molecular weight excluding hydrogens is 306 g/mol. The van der Waals surface area contributed by atoms with Crippen LogP contribution in [-0.2, 0) is 0 Å². The molecule has 0 amide bonds. The van der Waals surface area contributed by atoms with Gasteiger partial charge in [0.15, 0.2) is 0 Å². The maximum atomic E-state index is 10.4. The van der Waals surface area contributed by atoms with Crippen molar-refractivity contribution in [2.45, 2.75) is 31.8 Å². The molecule has 1 aliphatic heterocycles. The molecule has 2 rings (SSSR count). The maximum absolute atomic E-state index is 10.4. The van der Waals surface area contributed by atoms with E-state index in [1.54, 1.807) is 7.11 Å². The Morgan fingerprint density at radius 3 is 2.74 bits per heavy atom. The zero-order valence-electron chi connectivity index (χ0n) is 11.4. The summed E-state index contributed by atoms with van der Waals surface area (Å²) in [6.07, 6.45) is 4.21. The van der Waals surface area contributed by atoms with Crippen molar-refractivity contribution >= 4 is 15.9 Å². The van der Waals surface area contributed by atoms with Crippen LogP contribution in [0.25, 0.3) is 0 Å². The van der Waals surface area contributed by atoms with Crippen LogP contribution >= 0.6 is 15.9 Å². The lowest BCUT2D eigenvalue weighted by Gasteiger charge is -2.27. The van der Waals surface area contributed by atoms with Crippen molar-refractivity contribution in [3.8, 4) is 5.75 Å². The number of piperidine rings is 1. The lowest BCUT2D eigenvalue weighted by atomic mass is 10.0. The molecule has 1 N–H and O–H groups in total. The summed E-state index contributed by atoms with van der Waals surface area (Å²) < 4.78 is 6.29. The first-order chi connectivity index (χ1) is 9.20. The number of ether oxygens (including phenoxy) is 1. The second-order valence-corrected chi connectivity index (χ2v) is 6.01. The lowest BCUT2D eigenvalue weighted by molar-refractivity contribution is 0.131. The molecule has 106 valence electrons. The van der Waals surface area contributed by atoms with Crippen LogP contribution in [0.15, 0.2) is 22.7 Å². The van der Waals surface area contributed by atoms with Crippen LogP contribution in [0.2, 0.25) is 0 Å². The van der Waals surface area contributed by atoms with Crippen molar-refractivity contribution < 1.29 is 9.84 Å². The summed E-state index contributed by atoms with van der Waals surface area (Å²) in [4.78, 5) is 2.44. The van der Waals surface area contributed by atoms with Crippen LogP contribution in [0, 0.1) is 0 Å². The van der Waals surface area contributed by atoms with Gasteiger partial charge in [-0.25, -0.2) is 0 Å². The Kier molecular flexibility index (Phi) is 5.67. The van der Waals surface area contributed by atoms with Crippen molar-refractivity contribution in [3.05, 3.63) is 28.2 Å². The number of nitrogens with zero attached hydrogens (tertiary/aromatic N) is 1. The molecule has 0 bridgehead atoms. The maximum Gasteiger partial charge on any atom is 0.124 e. The Bertz CT molecular complexity index is 405. The van der Waals surface area contributed by atoms with Crippen LogP contribution in [0.5, 0.6) is 5.75 Å². The van der Waals surface area contributed by atoms with Crippen LogP contribution in [0.3, 0.4) is 0 Å². The van der Waals surface area contributed by atoms with Gasteiger partial charge in [-0.1, -0.05) is 22.4 Å². The number of hydrogen-bond donors (Lipinski definition) is 1. The fraction of sp³-hybridized carbons (Fsp3) is 0.600. The molecule has 1 aliphatic rings. The van der Waals surface area contributed by atoms with Gasteiger partial charge < -0.3 is 14.7 Å². The number of aliphatic hydroxyl groups excluding tert-OH is 1. The van der Waals surface area contributed by atoms with Crippen molar-refractivity contribution in [2.24, 2.45) is 0 Å². The molecule has 3 nitrogen and oxygen atoms in total. The first-order valence-electron chi connectivity index (χ1n) is 6.94. The molecule has 1 saturated heterocycles. The molecule has 0 saturated carbocycles. The zero-order valence-corrected chi connectivity index (χ0v) is 13.0. The smallest absolute Gasteiger partial charge is 0.124 e. The molecule has 1 aromatic rings. The minimum Gasteiger partial charge on any atom is -0.496 e. The molecule has 0 radical (unpaired) electrons. The predicted molar refractivity (Wildman–Crippen MR) is 80.6 cm³/mol. The number of likely N-dealkylation sites (tertiary alicyclic amines) is 1. The highest BCUT2D eigenvalue weighted by molar-refractivity contribution is 9.10. The molecule has 1 fully saturated rings. The summed E-state index contributed by atoms with van der Waals surface area (Å²) in [7, 11) is 1.64. The van der Waals surface area contributed by atoms with Gasteiger partial charge in [0.1, 0.15) is 5.75 Å². The molecule has 4 heteroatoms. The largest absolute Gasteiger partial charge is 0.496 e. The Morgan fingerprint density at radius 2 is 2.05 bits per heavy atom. The van der Waals surface area contributed by atoms with E-state index in [1.807, 2.05) is 18.2 Å². The fourth-order valence-electron chi connectivity index (χ4n) is 2.61. The quantitative estimate of drug-likeness (QED) is 0.900. The molecule has 1 heterocycles. The lowest BCUT2D eigenvalue weighted by Crippen LogP contribution is -2.31. The minimum atomic E-state index is -0.464. The summed E-state index contributed by atoms with van der Waals surface area (Å²) in [5.74, 6) is 0.759. The van der Waals surface area contributed by atoms with E-state index in [0.29, 0.717) is 0 Å². The van der Waals surface area contributed by atoms with E-state index >= 15 is 0 Å². The second kappa shape index (κ2) is 7.27. The normalized spacial score (nSPS) is 18.3. The van der Waals surface area contributed by atoms with E-state index in [9.17, 15) is 5.11 Å². The summed E-state index contributed by atoms with van der Waals surface area (Å²) in [5.41, 5.74) is 0.869. The first-order valence-corrected chi connectivity index (χ1v) is 7.74. The number of methoxy groups -OCH3 is 1. The molecule has 1 atom stereocenters. The first kappa shape index (κ1) is 14.8. The van der Waals surface area contributed by atoms with E-state index in [4.69, 9.17) is 4.74 Å². The van der Waals surface area contributed by atoms with E-state index in [0.717, 1.165) is 28.8 Å². The highest BCUT2D eigenvalue weighted by atomic mass is 79.9. The number of rotatable bonds is 5. The molecule has 1 unspecified atom stereocenters. The van der Waals surface area contributed by atoms with Gasteiger partial charge >= 0.3 is 0 Å². The van der Waals surface area contributed by atoms with Crippen LogP contribution in [-0.4, -0.2) is 36.8 Å². The SMILES string of the molecule is COc1ccc(Br)cc1C(O)CCN1CCCCC1. The van der Waals surface area contributed by atoms with E-state index in [-0.39, 0.29) is 0 Å². The summed E-state index contributed by atoms with van der Waals surface area (Å²) in [6.45, 7) is 3.29. The fourth-order valence-corrected chi connectivity index (χ4v) is 2.99. The number of hydrogen-bond acceptors (Lipinski definition) is 3. The topological polar surface area (TPSA) is 32.7 Å².